The Bertz CT molecular complexity index is 494. The van der Waals surface area contributed by atoms with Crippen LogP contribution in [0.4, 0.5) is 0 Å². The molecule has 1 aromatic heterocycles. The van der Waals surface area contributed by atoms with Crippen LogP contribution in [0.3, 0.4) is 0 Å². The van der Waals surface area contributed by atoms with Crippen molar-refractivity contribution in [2.24, 2.45) is 0 Å². The molecule has 0 saturated carbocycles. The second kappa shape index (κ2) is 8.34. The van der Waals surface area contributed by atoms with E-state index in [1.165, 1.54) is 12.0 Å². The molecule has 0 unspecified atom stereocenters. The molecule has 134 valence electrons. The zero-order valence-corrected chi connectivity index (χ0v) is 15.0. The van der Waals surface area contributed by atoms with Crippen molar-refractivity contribution < 1.29 is 9.47 Å². The Balaban J connectivity index is 1.50. The summed E-state index contributed by atoms with van der Waals surface area (Å²) in [5.74, 6) is 0.829. The fourth-order valence-electron chi connectivity index (χ4n) is 3.47. The molecule has 1 aromatic rings. The van der Waals surface area contributed by atoms with Gasteiger partial charge in [-0.05, 0) is 26.2 Å². The first-order valence-electron chi connectivity index (χ1n) is 9.09. The lowest BCUT2D eigenvalue weighted by atomic mass is 9.95. The largest absolute Gasteiger partial charge is 0.383 e. The maximum atomic E-state index is 5.93. The molecule has 2 aliphatic heterocycles. The van der Waals surface area contributed by atoms with Crippen LogP contribution in [0.5, 0.6) is 0 Å². The summed E-state index contributed by atoms with van der Waals surface area (Å²) in [7, 11) is 1.76. The molecule has 0 amide bonds. The summed E-state index contributed by atoms with van der Waals surface area (Å²) in [6.07, 6.45) is 7.29. The minimum Gasteiger partial charge on any atom is -0.383 e. The molecule has 0 bridgehead atoms. The first kappa shape index (κ1) is 17.7. The molecular formula is C18H30N4O2. The summed E-state index contributed by atoms with van der Waals surface area (Å²) in [5.41, 5.74) is 0.882. The fourth-order valence-corrected chi connectivity index (χ4v) is 3.47. The van der Waals surface area contributed by atoms with Crippen LogP contribution < -0.4 is 0 Å². The van der Waals surface area contributed by atoms with Gasteiger partial charge in [0.25, 0.3) is 0 Å². The zero-order chi connectivity index (χ0) is 16.8. The Morgan fingerprint density at radius 1 is 1.12 bits per heavy atom. The van der Waals surface area contributed by atoms with E-state index in [2.05, 4.69) is 26.7 Å². The van der Waals surface area contributed by atoms with Gasteiger partial charge >= 0.3 is 0 Å². The van der Waals surface area contributed by atoms with Crippen molar-refractivity contribution in [1.29, 1.82) is 0 Å². The summed E-state index contributed by atoms with van der Waals surface area (Å²) in [6.45, 7) is 10.1. The van der Waals surface area contributed by atoms with Gasteiger partial charge in [-0.3, -0.25) is 9.80 Å². The summed E-state index contributed by atoms with van der Waals surface area (Å²) >= 11 is 0. The normalized spacial score (nSPS) is 26.6. The van der Waals surface area contributed by atoms with Gasteiger partial charge in [-0.25, -0.2) is 9.97 Å². The molecule has 0 spiro atoms. The number of rotatable bonds is 6. The average Bonchev–Trinajstić information content (AvgIpc) is 2.62. The second-order valence-corrected chi connectivity index (χ2v) is 7.06. The van der Waals surface area contributed by atoms with E-state index in [4.69, 9.17) is 9.47 Å². The average molecular weight is 334 g/mol. The number of piperazine rings is 1. The molecule has 0 radical (unpaired) electrons. The Labute approximate surface area is 145 Å². The smallest absolute Gasteiger partial charge is 0.159 e. The molecule has 3 rings (SSSR count). The zero-order valence-electron chi connectivity index (χ0n) is 15.0. The molecule has 2 fully saturated rings. The van der Waals surface area contributed by atoms with Crippen LogP contribution in [-0.2, 0) is 21.6 Å². The van der Waals surface area contributed by atoms with Crippen LogP contribution in [0.2, 0.25) is 0 Å². The first-order chi connectivity index (χ1) is 11.7. The fraction of sp³-hybridized carbons (Fsp3) is 0.778. The van der Waals surface area contributed by atoms with Crippen LogP contribution in [-0.4, -0.2) is 72.8 Å². The van der Waals surface area contributed by atoms with E-state index in [0.29, 0.717) is 0 Å². The lowest BCUT2D eigenvalue weighted by molar-refractivity contribution is -0.0761. The van der Waals surface area contributed by atoms with Crippen LogP contribution in [0.25, 0.3) is 0 Å². The van der Waals surface area contributed by atoms with Crippen molar-refractivity contribution in [3.8, 4) is 0 Å². The topological polar surface area (TPSA) is 50.7 Å². The van der Waals surface area contributed by atoms with Crippen molar-refractivity contribution in [3.63, 3.8) is 0 Å². The molecule has 1 atom stereocenters. The summed E-state index contributed by atoms with van der Waals surface area (Å²) in [6, 6.07) is 0. The quantitative estimate of drug-likeness (QED) is 0.789. The van der Waals surface area contributed by atoms with Gasteiger partial charge in [0.2, 0.25) is 0 Å². The molecule has 2 aliphatic rings. The molecule has 0 aliphatic carbocycles. The Morgan fingerprint density at radius 3 is 2.46 bits per heavy atom. The van der Waals surface area contributed by atoms with E-state index < -0.39 is 0 Å². The Morgan fingerprint density at radius 2 is 1.83 bits per heavy atom. The van der Waals surface area contributed by atoms with E-state index in [1.54, 1.807) is 7.11 Å². The minimum absolute atomic E-state index is 0.302. The highest BCUT2D eigenvalue weighted by atomic mass is 16.5. The number of ether oxygens (including phenoxy) is 2. The third kappa shape index (κ3) is 4.51. The van der Waals surface area contributed by atoms with Crippen molar-refractivity contribution in [1.82, 2.24) is 19.8 Å². The number of hydrogen-bond acceptors (Lipinski definition) is 6. The molecular weight excluding hydrogens is 304 g/mol. The highest BCUT2D eigenvalue weighted by Gasteiger charge is 2.32. The molecule has 6 nitrogen and oxygen atoms in total. The van der Waals surface area contributed by atoms with Crippen LogP contribution in [0, 0.1) is 0 Å². The standard InChI is InChI=1S/C18H30N4O2/c1-18(5-3-4-11-24-18)17-19-13-16(14-20-17)15-22-8-6-21(7-9-22)10-12-23-2/h13-14H,3-12,15H2,1-2H3/t18-/m0/s1. The van der Waals surface area contributed by atoms with Gasteiger partial charge in [-0.15, -0.1) is 0 Å². The van der Waals surface area contributed by atoms with Gasteiger partial charge in [-0.2, -0.15) is 0 Å². The van der Waals surface area contributed by atoms with Gasteiger partial charge in [-0.1, -0.05) is 0 Å². The molecule has 24 heavy (non-hydrogen) atoms. The lowest BCUT2D eigenvalue weighted by Gasteiger charge is -2.34. The minimum atomic E-state index is -0.302. The van der Waals surface area contributed by atoms with Crippen LogP contribution in [0.15, 0.2) is 12.4 Å². The molecule has 6 heteroatoms. The van der Waals surface area contributed by atoms with E-state index in [9.17, 15) is 0 Å². The monoisotopic (exact) mass is 334 g/mol. The summed E-state index contributed by atoms with van der Waals surface area (Å²) in [5, 5.41) is 0. The maximum absolute atomic E-state index is 5.93. The Hall–Kier alpha value is -1.08. The highest BCUT2D eigenvalue weighted by Crippen LogP contribution is 2.32. The van der Waals surface area contributed by atoms with Crippen molar-refractivity contribution in [2.45, 2.75) is 38.3 Å². The van der Waals surface area contributed by atoms with Gasteiger partial charge < -0.3 is 9.47 Å². The Kier molecular flexibility index (Phi) is 6.16. The second-order valence-electron chi connectivity index (χ2n) is 7.06. The number of nitrogens with zero attached hydrogens (tertiary/aromatic N) is 4. The van der Waals surface area contributed by atoms with Gasteiger partial charge in [0.1, 0.15) is 5.60 Å². The van der Waals surface area contributed by atoms with Gasteiger partial charge in [0.05, 0.1) is 6.61 Å². The molecule has 2 saturated heterocycles. The van der Waals surface area contributed by atoms with Gasteiger partial charge in [0, 0.05) is 70.9 Å². The maximum Gasteiger partial charge on any atom is 0.159 e. The van der Waals surface area contributed by atoms with Gasteiger partial charge in [0.15, 0.2) is 5.82 Å². The SMILES string of the molecule is COCCN1CCN(Cc2cnc([C@]3(C)CCCCO3)nc2)CC1. The number of hydrogen-bond donors (Lipinski definition) is 0. The van der Waals surface area contributed by atoms with Crippen molar-refractivity contribution >= 4 is 0 Å². The van der Waals surface area contributed by atoms with Crippen LogP contribution >= 0.6 is 0 Å². The first-order valence-corrected chi connectivity index (χ1v) is 9.09. The molecule has 0 aromatic carbocycles. The van der Waals surface area contributed by atoms with E-state index in [0.717, 1.165) is 71.1 Å². The summed E-state index contributed by atoms with van der Waals surface area (Å²) in [4.78, 5) is 14.1. The predicted molar refractivity (Wildman–Crippen MR) is 92.8 cm³/mol. The summed E-state index contributed by atoms with van der Waals surface area (Å²) < 4.78 is 11.1. The third-order valence-electron chi connectivity index (χ3n) is 5.13. The number of methoxy groups -OCH3 is 1. The molecule has 0 N–H and O–H groups in total. The van der Waals surface area contributed by atoms with E-state index in [1.807, 2.05) is 12.4 Å². The highest BCUT2D eigenvalue weighted by molar-refractivity contribution is 5.09. The predicted octanol–water partition coefficient (Wildman–Crippen LogP) is 1.66. The molecule has 3 heterocycles. The van der Waals surface area contributed by atoms with E-state index >= 15 is 0 Å². The lowest BCUT2D eigenvalue weighted by Crippen LogP contribution is -2.46. The number of aromatic nitrogens is 2. The third-order valence-corrected chi connectivity index (χ3v) is 5.13. The van der Waals surface area contributed by atoms with Crippen LogP contribution in [0.1, 0.15) is 37.6 Å². The van der Waals surface area contributed by atoms with E-state index in [-0.39, 0.29) is 5.60 Å². The van der Waals surface area contributed by atoms with Crippen molar-refractivity contribution in [3.05, 3.63) is 23.8 Å². The van der Waals surface area contributed by atoms with Crippen molar-refractivity contribution in [2.75, 3.05) is 53.0 Å².